The molecule has 0 unspecified atom stereocenters. The van der Waals surface area contributed by atoms with Crippen LogP contribution in [0, 0.1) is 12.0 Å². The van der Waals surface area contributed by atoms with E-state index in [1.165, 1.54) is 6.07 Å². The van der Waals surface area contributed by atoms with E-state index in [0.717, 1.165) is 5.39 Å². The zero-order valence-corrected chi connectivity index (χ0v) is 6.77. The summed E-state index contributed by atoms with van der Waals surface area (Å²) in [6, 6.07) is 6.30. The van der Waals surface area contributed by atoms with Gasteiger partial charge in [-0.25, -0.2) is 9.37 Å². The molecule has 0 aliphatic rings. The molecule has 0 aliphatic carbocycles. The van der Waals surface area contributed by atoms with Gasteiger partial charge in [0.1, 0.15) is 5.82 Å². The van der Waals surface area contributed by atoms with E-state index in [2.05, 4.69) is 11.2 Å². The molecule has 1 radical (unpaired) electrons. The Morgan fingerprint density at radius 3 is 3.08 bits per heavy atom. The topological polar surface area (TPSA) is 12.9 Å². The van der Waals surface area contributed by atoms with Crippen LogP contribution < -0.4 is 0 Å². The number of benzene rings is 1. The highest BCUT2D eigenvalue weighted by Gasteiger charge is 2.01. The summed E-state index contributed by atoms with van der Waals surface area (Å²) < 4.78 is 12.9. The molecule has 2 rings (SSSR count). The van der Waals surface area contributed by atoms with Crippen LogP contribution >= 0.6 is 11.6 Å². The summed E-state index contributed by atoms with van der Waals surface area (Å²) in [5.41, 5.74) is 0.569. The minimum atomic E-state index is -0.448. The Hall–Kier alpha value is -1.15. The van der Waals surface area contributed by atoms with Crippen molar-refractivity contribution in [2.45, 2.75) is 0 Å². The SMILES string of the molecule is Fc1cc2n[c]ccc2cc1Cl. The van der Waals surface area contributed by atoms with Crippen LogP contribution in [0.25, 0.3) is 10.9 Å². The van der Waals surface area contributed by atoms with E-state index in [1.54, 1.807) is 18.2 Å². The first-order chi connectivity index (χ1) is 5.77. The van der Waals surface area contributed by atoms with Gasteiger partial charge in [-0.05, 0) is 12.1 Å². The van der Waals surface area contributed by atoms with Gasteiger partial charge in [0.25, 0.3) is 0 Å². The van der Waals surface area contributed by atoms with Crippen LogP contribution in [0.3, 0.4) is 0 Å². The second-order valence-electron chi connectivity index (χ2n) is 2.40. The van der Waals surface area contributed by atoms with Crippen molar-refractivity contribution in [2.24, 2.45) is 0 Å². The highest BCUT2D eigenvalue weighted by Crippen LogP contribution is 2.20. The van der Waals surface area contributed by atoms with E-state index in [-0.39, 0.29) is 5.02 Å². The Morgan fingerprint density at radius 2 is 2.25 bits per heavy atom. The molecular formula is C9H4ClFN. The van der Waals surface area contributed by atoms with Gasteiger partial charge in [0.2, 0.25) is 0 Å². The normalized spacial score (nSPS) is 10.5. The molecule has 0 spiro atoms. The summed E-state index contributed by atoms with van der Waals surface area (Å²) in [5.74, 6) is -0.448. The van der Waals surface area contributed by atoms with Gasteiger partial charge in [0.05, 0.1) is 16.7 Å². The summed E-state index contributed by atoms with van der Waals surface area (Å²) in [6.07, 6.45) is 2.62. The Morgan fingerprint density at radius 1 is 1.42 bits per heavy atom. The smallest absolute Gasteiger partial charge is 0.143 e. The maximum atomic E-state index is 12.9. The number of aromatic nitrogens is 1. The molecule has 0 bridgehead atoms. The fourth-order valence-electron chi connectivity index (χ4n) is 1.02. The molecule has 2 aromatic rings. The molecule has 1 aromatic heterocycles. The van der Waals surface area contributed by atoms with Gasteiger partial charge in [-0.1, -0.05) is 17.7 Å². The molecule has 1 nitrogen and oxygen atoms in total. The molecule has 0 fully saturated rings. The van der Waals surface area contributed by atoms with E-state index in [1.807, 2.05) is 0 Å². The summed E-state index contributed by atoms with van der Waals surface area (Å²) in [7, 11) is 0. The quantitative estimate of drug-likeness (QED) is 0.608. The van der Waals surface area contributed by atoms with Gasteiger partial charge < -0.3 is 0 Å². The van der Waals surface area contributed by atoms with Gasteiger partial charge in [-0.3, -0.25) is 0 Å². The number of pyridine rings is 1. The highest BCUT2D eigenvalue weighted by molar-refractivity contribution is 6.31. The first-order valence-corrected chi connectivity index (χ1v) is 3.77. The van der Waals surface area contributed by atoms with Gasteiger partial charge >= 0.3 is 0 Å². The third-order valence-corrected chi connectivity index (χ3v) is 1.88. The average molecular weight is 181 g/mol. The van der Waals surface area contributed by atoms with Crippen molar-refractivity contribution in [1.82, 2.24) is 4.98 Å². The summed E-state index contributed by atoms with van der Waals surface area (Å²) in [4.78, 5) is 3.86. The largest absolute Gasteiger partial charge is 0.246 e. The van der Waals surface area contributed by atoms with Gasteiger partial charge in [-0.2, -0.15) is 0 Å². The van der Waals surface area contributed by atoms with Gasteiger partial charge in [0.15, 0.2) is 0 Å². The predicted molar refractivity (Wildman–Crippen MR) is 45.5 cm³/mol. The Labute approximate surface area is 73.8 Å². The first kappa shape index (κ1) is 7.50. The molecule has 0 atom stereocenters. The zero-order chi connectivity index (χ0) is 8.55. The number of nitrogens with zero attached hydrogens (tertiary/aromatic N) is 1. The Bertz CT molecular complexity index is 387. The fraction of sp³-hybridized carbons (Fsp3) is 0. The van der Waals surface area contributed by atoms with Crippen LogP contribution in [0.1, 0.15) is 0 Å². The van der Waals surface area contributed by atoms with Crippen molar-refractivity contribution in [3.63, 3.8) is 0 Å². The van der Waals surface area contributed by atoms with E-state index < -0.39 is 5.82 Å². The molecule has 1 heterocycles. The van der Waals surface area contributed by atoms with E-state index >= 15 is 0 Å². The Kier molecular flexibility index (Phi) is 1.70. The second-order valence-corrected chi connectivity index (χ2v) is 2.81. The van der Waals surface area contributed by atoms with Crippen LogP contribution in [0.4, 0.5) is 4.39 Å². The molecule has 59 valence electrons. The Balaban J connectivity index is 2.84. The number of hydrogen-bond donors (Lipinski definition) is 0. The maximum absolute atomic E-state index is 12.9. The van der Waals surface area contributed by atoms with Crippen LogP contribution in [0.2, 0.25) is 5.02 Å². The van der Waals surface area contributed by atoms with Crippen LogP contribution in [-0.4, -0.2) is 4.98 Å². The first-order valence-electron chi connectivity index (χ1n) is 3.39. The van der Waals surface area contributed by atoms with E-state index in [9.17, 15) is 4.39 Å². The molecular weight excluding hydrogens is 177 g/mol. The summed E-state index contributed by atoms with van der Waals surface area (Å²) in [6.45, 7) is 0. The lowest BCUT2D eigenvalue weighted by molar-refractivity contribution is 0.630. The summed E-state index contributed by atoms with van der Waals surface area (Å²) >= 11 is 5.57. The van der Waals surface area contributed by atoms with Crippen molar-refractivity contribution in [3.8, 4) is 0 Å². The fourth-order valence-corrected chi connectivity index (χ4v) is 1.19. The predicted octanol–water partition coefficient (Wildman–Crippen LogP) is 2.83. The number of hydrogen-bond acceptors (Lipinski definition) is 1. The van der Waals surface area contributed by atoms with Crippen LogP contribution in [-0.2, 0) is 0 Å². The minimum absolute atomic E-state index is 0.121. The molecule has 0 aliphatic heterocycles. The van der Waals surface area contributed by atoms with Crippen molar-refractivity contribution < 1.29 is 4.39 Å². The van der Waals surface area contributed by atoms with Crippen molar-refractivity contribution in [3.05, 3.63) is 41.3 Å². The van der Waals surface area contributed by atoms with Crippen molar-refractivity contribution in [1.29, 1.82) is 0 Å². The molecule has 3 heteroatoms. The van der Waals surface area contributed by atoms with E-state index in [0.29, 0.717) is 5.52 Å². The third-order valence-electron chi connectivity index (χ3n) is 1.59. The molecule has 0 amide bonds. The minimum Gasteiger partial charge on any atom is -0.246 e. The monoisotopic (exact) mass is 180 g/mol. The molecule has 12 heavy (non-hydrogen) atoms. The second kappa shape index (κ2) is 2.72. The lowest BCUT2D eigenvalue weighted by Gasteiger charge is -1.97. The number of rotatable bonds is 0. The van der Waals surface area contributed by atoms with Crippen molar-refractivity contribution >= 4 is 22.5 Å². The van der Waals surface area contributed by atoms with E-state index in [4.69, 9.17) is 11.6 Å². The van der Waals surface area contributed by atoms with Gasteiger partial charge in [-0.15, -0.1) is 0 Å². The van der Waals surface area contributed by atoms with Gasteiger partial charge in [0, 0.05) is 11.5 Å². The zero-order valence-electron chi connectivity index (χ0n) is 6.01. The van der Waals surface area contributed by atoms with Crippen LogP contribution in [0.5, 0.6) is 0 Å². The molecule has 1 aromatic carbocycles. The standard InChI is InChI=1S/C9H4ClFN/c10-7-4-6-2-1-3-12-9(6)5-8(7)11/h1-2,4-5H. The lowest BCUT2D eigenvalue weighted by Crippen LogP contribution is -1.81. The average Bonchev–Trinajstić information content (AvgIpc) is 2.07. The summed E-state index contributed by atoms with van der Waals surface area (Å²) in [5, 5.41) is 0.940. The maximum Gasteiger partial charge on any atom is 0.143 e. The number of halogens is 2. The molecule has 0 saturated heterocycles. The molecule has 0 saturated carbocycles. The third kappa shape index (κ3) is 1.14. The highest BCUT2D eigenvalue weighted by atomic mass is 35.5. The lowest BCUT2D eigenvalue weighted by atomic mass is 10.2. The van der Waals surface area contributed by atoms with Crippen molar-refractivity contribution in [2.75, 3.05) is 0 Å². The van der Waals surface area contributed by atoms with Crippen LogP contribution in [0.15, 0.2) is 24.3 Å². The molecule has 0 N–H and O–H groups in total. The number of fused-ring (bicyclic) bond motifs is 1.